The Morgan fingerprint density at radius 1 is 1.14 bits per heavy atom. The van der Waals surface area contributed by atoms with Crippen LogP contribution in [0.3, 0.4) is 0 Å². The van der Waals surface area contributed by atoms with E-state index in [1.165, 1.54) is 0 Å². The normalized spacial score (nSPS) is 23.9. The van der Waals surface area contributed by atoms with E-state index in [0.29, 0.717) is 0 Å². The van der Waals surface area contributed by atoms with Crippen LogP contribution in [0.1, 0.15) is 47.0 Å². The maximum atomic E-state index is 12.1. The molecule has 1 amide bonds. The quantitative estimate of drug-likeness (QED) is 0.785. The minimum Gasteiger partial charge on any atom is -0.444 e. The summed E-state index contributed by atoms with van der Waals surface area (Å²) in [6, 6.07) is 0. The van der Waals surface area contributed by atoms with Crippen molar-refractivity contribution < 1.29 is 14.3 Å². The summed E-state index contributed by atoms with van der Waals surface area (Å²) in [7, 11) is 0. The van der Waals surface area contributed by atoms with Gasteiger partial charge in [-0.15, -0.1) is 0 Å². The lowest BCUT2D eigenvalue weighted by Gasteiger charge is -2.49. The molecule has 2 fully saturated rings. The van der Waals surface area contributed by atoms with E-state index in [4.69, 9.17) is 9.47 Å². The third-order valence-electron chi connectivity index (χ3n) is 4.68. The summed E-state index contributed by atoms with van der Waals surface area (Å²) < 4.78 is 11.0. The van der Waals surface area contributed by atoms with E-state index in [-0.39, 0.29) is 11.6 Å². The van der Waals surface area contributed by atoms with E-state index in [0.717, 1.165) is 58.7 Å². The molecule has 0 aromatic rings. The molecule has 2 rings (SSSR count). The topological polar surface area (TPSA) is 42.0 Å². The number of piperazine rings is 1. The summed E-state index contributed by atoms with van der Waals surface area (Å²) in [6.07, 6.45) is 3.19. The number of hydrogen-bond acceptors (Lipinski definition) is 4. The van der Waals surface area contributed by atoms with Crippen LogP contribution in [0, 0.1) is 0 Å². The lowest BCUT2D eigenvalue weighted by Crippen LogP contribution is -2.59. The third kappa shape index (κ3) is 4.10. The SMILES string of the molecule is CCC1(N2CCN(C(=O)OC(C)(C)C)CC2)CCOCC1. The molecule has 0 saturated carbocycles. The van der Waals surface area contributed by atoms with Gasteiger partial charge in [0.1, 0.15) is 5.60 Å². The highest BCUT2D eigenvalue weighted by Gasteiger charge is 2.39. The van der Waals surface area contributed by atoms with E-state index in [9.17, 15) is 4.79 Å². The number of nitrogens with zero attached hydrogens (tertiary/aromatic N) is 2. The average molecular weight is 298 g/mol. The Balaban J connectivity index is 1.89. The van der Waals surface area contributed by atoms with E-state index >= 15 is 0 Å². The fourth-order valence-electron chi connectivity index (χ4n) is 3.33. The molecule has 0 aliphatic carbocycles. The van der Waals surface area contributed by atoms with Gasteiger partial charge in [0.2, 0.25) is 0 Å². The molecular formula is C16H30N2O3. The van der Waals surface area contributed by atoms with Gasteiger partial charge >= 0.3 is 6.09 Å². The fraction of sp³-hybridized carbons (Fsp3) is 0.938. The molecular weight excluding hydrogens is 268 g/mol. The molecule has 0 unspecified atom stereocenters. The van der Waals surface area contributed by atoms with Crippen LogP contribution in [-0.2, 0) is 9.47 Å². The first kappa shape index (κ1) is 16.6. The Labute approximate surface area is 128 Å². The minimum atomic E-state index is -0.417. The lowest BCUT2D eigenvalue weighted by molar-refractivity contribution is -0.0523. The standard InChI is InChI=1S/C16H30N2O3/c1-5-16(6-12-20-13-7-16)18-10-8-17(9-11-18)14(19)21-15(2,3)4/h5-13H2,1-4H3. The second kappa shape index (κ2) is 6.53. The van der Waals surface area contributed by atoms with E-state index in [1.807, 2.05) is 25.7 Å². The molecule has 0 radical (unpaired) electrons. The summed E-state index contributed by atoms with van der Waals surface area (Å²) in [6.45, 7) is 13.1. The second-order valence-electron chi connectivity index (χ2n) is 7.14. The fourth-order valence-corrected chi connectivity index (χ4v) is 3.33. The highest BCUT2D eigenvalue weighted by atomic mass is 16.6. The van der Waals surface area contributed by atoms with Gasteiger partial charge in [0.15, 0.2) is 0 Å². The number of carbonyl (C=O) groups is 1. The molecule has 21 heavy (non-hydrogen) atoms. The first-order valence-corrected chi connectivity index (χ1v) is 8.17. The van der Waals surface area contributed by atoms with Crippen molar-refractivity contribution in [3.05, 3.63) is 0 Å². The van der Waals surface area contributed by atoms with Crippen molar-refractivity contribution in [1.82, 2.24) is 9.80 Å². The monoisotopic (exact) mass is 298 g/mol. The largest absolute Gasteiger partial charge is 0.444 e. The number of rotatable bonds is 2. The number of amides is 1. The zero-order chi connectivity index (χ0) is 15.5. The van der Waals surface area contributed by atoms with Gasteiger partial charge in [-0.2, -0.15) is 0 Å². The van der Waals surface area contributed by atoms with Crippen molar-refractivity contribution in [2.24, 2.45) is 0 Å². The molecule has 0 bridgehead atoms. The van der Waals surface area contributed by atoms with Crippen LogP contribution < -0.4 is 0 Å². The van der Waals surface area contributed by atoms with Gasteiger partial charge in [0.05, 0.1) is 0 Å². The highest BCUT2D eigenvalue weighted by molar-refractivity contribution is 5.68. The van der Waals surface area contributed by atoms with Crippen molar-refractivity contribution >= 4 is 6.09 Å². The molecule has 0 aromatic heterocycles. The van der Waals surface area contributed by atoms with E-state index in [1.54, 1.807) is 0 Å². The maximum absolute atomic E-state index is 12.1. The zero-order valence-electron chi connectivity index (χ0n) is 14.0. The van der Waals surface area contributed by atoms with Crippen LogP contribution in [0.15, 0.2) is 0 Å². The summed E-state index contributed by atoms with van der Waals surface area (Å²) in [5, 5.41) is 0. The van der Waals surface area contributed by atoms with E-state index in [2.05, 4.69) is 11.8 Å². The molecule has 5 nitrogen and oxygen atoms in total. The van der Waals surface area contributed by atoms with Gasteiger partial charge in [0.25, 0.3) is 0 Å². The summed E-state index contributed by atoms with van der Waals surface area (Å²) in [5.41, 5.74) is -0.141. The van der Waals surface area contributed by atoms with Crippen LogP contribution in [0.4, 0.5) is 4.79 Å². The molecule has 0 aromatic carbocycles. The Morgan fingerprint density at radius 2 is 1.71 bits per heavy atom. The molecule has 2 aliphatic rings. The van der Waals surface area contributed by atoms with Crippen molar-refractivity contribution in [2.45, 2.75) is 58.1 Å². The third-order valence-corrected chi connectivity index (χ3v) is 4.68. The van der Waals surface area contributed by atoms with Gasteiger partial charge < -0.3 is 14.4 Å². The smallest absolute Gasteiger partial charge is 0.410 e. The molecule has 2 saturated heterocycles. The average Bonchev–Trinajstić information content (AvgIpc) is 2.46. The molecule has 0 spiro atoms. The van der Waals surface area contributed by atoms with Gasteiger partial charge in [0, 0.05) is 44.9 Å². The number of carbonyl (C=O) groups excluding carboxylic acids is 1. The van der Waals surface area contributed by atoms with Crippen LogP contribution in [0.25, 0.3) is 0 Å². The molecule has 2 heterocycles. The highest BCUT2D eigenvalue weighted by Crippen LogP contribution is 2.32. The number of hydrogen-bond donors (Lipinski definition) is 0. The van der Waals surface area contributed by atoms with Crippen LogP contribution in [0.5, 0.6) is 0 Å². The Hall–Kier alpha value is -0.810. The predicted octanol–water partition coefficient (Wildman–Crippen LogP) is 2.50. The molecule has 2 aliphatic heterocycles. The van der Waals surface area contributed by atoms with Crippen LogP contribution >= 0.6 is 0 Å². The summed E-state index contributed by atoms with van der Waals surface area (Å²) in [4.78, 5) is 16.5. The lowest BCUT2D eigenvalue weighted by atomic mass is 9.85. The zero-order valence-corrected chi connectivity index (χ0v) is 14.0. The summed E-state index contributed by atoms with van der Waals surface area (Å²) >= 11 is 0. The number of ether oxygens (including phenoxy) is 2. The Morgan fingerprint density at radius 3 is 2.19 bits per heavy atom. The van der Waals surface area contributed by atoms with Gasteiger partial charge in [-0.05, 0) is 40.0 Å². The van der Waals surface area contributed by atoms with Crippen LogP contribution in [0.2, 0.25) is 0 Å². The first-order valence-electron chi connectivity index (χ1n) is 8.17. The van der Waals surface area contributed by atoms with Gasteiger partial charge in [-0.3, -0.25) is 4.90 Å². The van der Waals surface area contributed by atoms with Gasteiger partial charge in [-0.25, -0.2) is 4.79 Å². The maximum Gasteiger partial charge on any atom is 0.410 e. The van der Waals surface area contributed by atoms with Crippen molar-refractivity contribution in [3.8, 4) is 0 Å². The summed E-state index contributed by atoms with van der Waals surface area (Å²) in [5.74, 6) is 0. The van der Waals surface area contributed by atoms with E-state index < -0.39 is 5.60 Å². The Kier molecular flexibility index (Phi) is 5.15. The molecule has 0 atom stereocenters. The second-order valence-corrected chi connectivity index (χ2v) is 7.14. The van der Waals surface area contributed by atoms with Crippen molar-refractivity contribution in [2.75, 3.05) is 39.4 Å². The molecule has 0 N–H and O–H groups in total. The molecule has 5 heteroatoms. The van der Waals surface area contributed by atoms with Crippen molar-refractivity contribution in [3.63, 3.8) is 0 Å². The van der Waals surface area contributed by atoms with Gasteiger partial charge in [-0.1, -0.05) is 6.92 Å². The van der Waals surface area contributed by atoms with Crippen molar-refractivity contribution in [1.29, 1.82) is 0 Å². The molecule has 122 valence electrons. The van der Waals surface area contributed by atoms with Crippen LogP contribution in [-0.4, -0.2) is 66.4 Å². The predicted molar refractivity (Wildman–Crippen MR) is 82.5 cm³/mol. The first-order chi connectivity index (χ1) is 9.86. The Bertz CT molecular complexity index is 351. The minimum absolute atomic E-state index is 0.181.